The van der Waals surface area contributed by atoms with Crippen molar-refractivity contribution in [2.24, 2.45) is 5.73 Å². The number of tetrazole rings is 1. The molecule has 1 aromatic heterocycles. The van der Waals surface area contributed by atoms with Crippen LogP contribution in [0.25, 0.3) is 0 Å². The number of carbonyl (C=O) groups excluding carboxylic acids is 1. The maximum Gasteiger partial charge on any atom is 0.233 e. The quantitative estimate of drug-likeness (QED) is 0.672. The molecule has 0 bridgehead atoms. The van der Waals surface area contributed by atoms with Crippen molar-refractivity contribution in [3.8, 4) is 0 Å². The summed E-state index contributed by atoms with van der Waals surface area (Å²) in [5.74, 6) is 0.0148. The van der Waals surface area contributed by atoms with Gasteiger partial charge in [-0.25, -0.2) is 4.68 Å². The van der Waals surface area contributed by atoms with E-state index in [-0.39, 0.29) is 17.2 Å². The molecule has 1 unspecified atom stereocenters. The summed E-state index contributed by atoms with van der Waals surface area (Å²) >= 11 is 1.35. The van der Waals surface area contributed by atoms with Crippen molar-refractivity contribution in [1.82, 2.24) is 25.5 Å². The van der Waals surface area contributed by atoms with Crippen LogP contribution in [0.15, 0.2) is 5.16 Å². The molecule has 0 fully saturated rings. The highest BCUT2D eigenvalue weighted by Gasteiger charge is 2.19. The Labute approximate surface area is 117 Å². The second kappa shape index (κ2) is 8.11. The van der Waals surface area contributed by atoms with Crippen molar-refractivity contribution in [2.75, 3.05) is 6.54 Å². The van der Waals surface area contributed by atoms with Gasteiger partial charge < -0.3 is 11.1 Å². The van der Waals surface area contributed by atoms with E-state index in [4.69, 9.17) is 5.73 Å². The molecular weight excluding hydrogens is 264 g/mol. The van der Waals surface area contributed by atoms with E-state index in [2.05, 4.69) is 34.7 Å². The SMILES string of the molecule is CCC(CC)NC(=O)C(C)Sc1nnnn1CCN. The van der Waals surface area contributed by atoms with E-state index < -0.39 is 0 Å². The molecule has 0 saturated heterocycles. The molecule has 1 amide bonds. The van der Waals surface area contributed by atoms with Gasteiger partial charge in [0.2, 0.25) is 11.1 Å². The van der Waals surface area contributed by atoms with Gasteiger partial charge in [-0.15, -0.1) is 5.10 Å². The van der Waals surface area contributed by atoms with Crippen molar-refractivity contribution < 1.29 is 4.79 Å². The minimum Gasteiger partial charge on any atom is -0.352 e. The Kier molecular flexibility index (Phi) is 6.79. The summed E-state index contributed by atoms with van der Waals surface area (Å²) in [6, 6.07) is 0.232. The molecule has 0 aliphatic carbocycles. The molecule has 1 heterocycles. The van der Waals surface area contributed by atoms with Crippen molar-refractivity contribution in [3.05, 3.63) is 0 Å². The summed E-state index contributed by atoms with van der Waals surface area (Å²) in [7, 11) is 0. The van der Waals surface area contributed by atoms with E-state index >= 15 is 0 Å². The number of amides is 1. The molecule has 108 valence electrons. The van der Waals surface area contributed by atoms with Crippen LogP contribution in [-0.4, -0.2) is 44.0 Å². The molecule has 1 aromatic rings. The zero-order chi connectivity index (χ0) is 14.3. The average molecular weight is 286 g/mol. The fourth-order valence-electron chi connectivity index (χ4n) is 1.57. The van der Waals surface area contributed by atoms with E-state index in [0.717, 1.165) is 12.8 Å². The number of rotatable bonds is 8. The molecule has 0 aliphatic rings. The Morgan fingerprint density at radius 1 is 1.47 bits per heavy atom. The molecule has 3 N–H and O–H groups in total. The minimum atomic E-state index is -0.233. The average Bonchev–Trinajstić information content (AvgIpc) is 2.83. The van der Waals surface area contributed by atoms with Gasteiger partial charge in [-0.1, -0.05) is 25.6 Å². The maximum atomic E-state index is 12.0. The summed E-state index contributed by atoms with van der Waals surface area (Å²) in [5, 5.41) is 14.7. The van der Waals surface area contributed by atoms with Crippen LogP contribution in [0.4, 0.5) is 0 Å². The van der Waals surface area contributed by atoms with Gasteiger partial charge in [0.1, 0.15) is 0 Å². The third-order valence-corrected chi connectivity index (χ3v) is 3.89. The number of hydrogen-bond acceptors (Lipinski definition) is 6. The number of thioether (sulfide) groups is 1. The van der Waals surface area contributed by atoms with Gasteiger partial charge in [-0.05, 0) is 30.2 Å². The predicted octanol–water partition coefficient (Wildman–Crippen LogP) is 0.417. The summed E-state index contributed by atoms with van der Waals surface area (Å²) in [5.41, 5.74) is 5.48. The summed E-state index contributed by atoms with van der Waals surface area (Å²) in [6.07, 6.45) is 1.87. The van der Waals surface area contributed by atoms with E-state index in [9.17, 15) is 4.79 Å². The smallest absolute Gasteiger partial charge is 0.233 e. The van der Waals surface area contributed by atoms with Gasteiger partial charge in [-0.3, -0.25) is 4.79 Å². The fourth-order valence-corrected chi connectivity index (χ4v) is 2.39. The molecule has 0 radical (unpaired) electrons. The van der Waals surface area contributed by atoms with Crippen LogP contribution in [0.1, 0.15) is 33.6 Å². The first-order valence-electron chi connectivity index (χ1n) is 6.55. The van der Waals surface area contributed by atoms with Gasteiger partial charge in [-0.2, -0.15) is 0 Å². The molecule has 0 saturated carbocycles. The fraction of sp³-hybridized carbons (Fsp3) is 0.818. The first-order chi connectivity index (χ1) is 9.12. The monoisotopic (exact) mass is 286 g/mol. The molecule has 0 aromatic carbocycles. The first kappa shape index (κ1) is 15.9. The number of nitrogens with one attached hydrogen (secondary N) is 1. The Morgan fingerprint density at radius 2 is 2.16 bits per heavy atom. The molecule has 7 nitrogen and oxygen atoms in total. The van der Waals surface area contributed by atoms with Crippen LogP contribution in [0.3, 0.4) is 0 Å². The van der Waals surface area contributed by atoms with Gasteiger partial charge in [0, 0.05) is 12.6 Å². The lowest BCUT2D eigenvalue weighted by atomic mass is 10.2. The molecule has 0 spiro atoms. The Balaban J connectivity index is 2.55. The molecule has 19 heavy (non-hydrogen) atoms. The first-order valence-corrected chi connectivity index (χ1v) is 7.43. The minimum absolute atomic E-state index is 0.0148. The maximum absolute atomic E-state index is 12.0. The highest BCUT2D eigenvalue weighted by Crippen LogP contribution is 2.20. The second-order valence-electron chi connectivity index (χ2n) is 4.26. The highest BCUT2D eigenvalue weighted by atomic mass is 32.2. The normalized spacial score (nSPS) is 12.7. The number of hydrogen-bond donors (Lipinski definition) is 2. The number of nitrogens with two attached hydrogens (primary N) is 1. The van der Waals surface area contributed by atoms with E-state index in [1.807, 2.05) is 6.92 Å². The van der Waals surface area contributed by atoms with E-state index in [1.165, 1.54) is 11.8 Å². The number of aromatic nitrogens is 4. The third kappa shape index (κ3) is 4.79. The van der Waals surface area contributed by atoms with Crippen molar-refractivity contribution in [1.29, 1.82) is 0 Å². The van der Waals surface area contributed by atoms with E-state index in [0.29, 0.717) is 18.2 Å². The Hall–Kier alpha value is -1.15. The zero-order valence-electron chi connectivity index (χ0n) is 11.7. The summed E-state index contributed by atoms with van der Waals surface area (Å²) in [6.45, 7) is 7.00. The molecule has 0 aliphatic heterocycles. The third-order valence-electron chi connectivity index (χ3n) is 2.82. The van der Waals surface area contributed by atoms with Crippen LogP contribution in [0.2, 0.25) is 0 Å². The second-order valence-corrected chi connectivity index (χ2v) is 5.56. The van der Waals surface area contributed by atoms with Crippen LogP contribution in [-0.2, 0) is 11.3 Å². The van der Waals surface area contributed by atoms with Gasteiger partial charge in [0.25, 0.3) is 0 Å². The van der Waals surface area contributed by atoms with Crippen molar-refractivity contribution in [2.45, 2.75) is 56.6 Å². The summed E-state index contributed by atoms with van der Waals surface area (Å²) in [4.78, 5) is 12.0. The molecule has 1 rings (SSSR count). The van der Waals surface area contributed by atoms with Gasteiger partial charge >= 0.3 is 0 Å². The van der Waals surface area contributed by atoms with Crippen molar-refractivity contribution in [3.63, 3.8) is 0 Å². The lowest BCUT2D eigenvalue weighted by Gasteiger charge is -2.17. The lowest BCUT2D eigenvalue weighted by Crippen LogP contribution is -2.38. The highest BCUT2D eigenvalue weighted by molar-refractivity contribution is 8.00. The zero-order valence-corrected chi connectivity index (χ0v) is 12.5. The van der Waals surface area contributed by atoms with Crippen LogP contribution in [0.5, 0.6) is 0 Å². The topological polar surface area (TPSA) is 98.7 Å². The Morgan fingerprint density at radius 3 is 2.74 bits per heavy atom. The number of carbonyl (C=O) groups is 1. The van der Waals surface area contributed by atoms with Gasteiger partial charge in [0.05, 0.1) is 11.8 Å². The van der Waals surface area contributed by atoms with Crippen molar-refractivity contribution >= 4 is 17.7 Å². The largest absolute Gasteiger partial charge is 0.352 e. The van der Waals surface area contributed by atoms with E-state index in [1.54, 1.807) is 4.68 Å². The lowest BCUT2D eigenvalue weighted by molar-refractivity contribution is -0.121. The predicted molar refractivity (Wildman–Crippen MR) is 74.7 cm³/mol. The van der Waals surface area contributed by atoms with Gasteiger partial charge in [0.15, 0.2) is 0 Å². The molecule has 1 atom stereocenters. The summed E-state index contributed by atoms with van der Waals surface area (Å²) < 4.78 is 1.62. The molecular formula is C11H22N6OS. The standard InChI is InChI=1S/C11H22N6OS/c1-4-9(5-2)13-10(18)8(3)19-11-14-15-16-17(11)7-6-12/h8-9H,4-7,12H2,1-3H3,(H,13,18). The number of nitrogens with zero attached hydrogens (tertiary/aromatic N) is 4. The molecule has 8 heteroatoms. The van der Waals surface area contributed by atoms with Crippen LogP contribution in [0, 0.1) is 0 Å². The van der Waals surface area contributed by atoms with Crippen LogP contribution >= 0.6 is 11.8 Å². The Bertz CT molecular complexity index is 392. The van der Waals surface area contributed by atoms with Crippen LogP contribution < -0.4 is 11.1 Å².